The highest BCUT2D eigenvalue weighted by molar-refractivity contribution is 4.78. The van der Waals surface area contributed by atoms with Crippen molar-refractivity contribution < 1.29 is 0 Å². The van der Waals surface area contributed by atoms with Crippen molar-refractivity contribution >= 4 is 0 Å². The SMILES string of the molecule is CCCC(C1CCCCC1)N(C)C. The summed E-state index contributed by atoms with van der Waals surface area (Å²) in [5.74, 6) is 0.990. The molecule has 0 radical (unpaired) electrons. The van der Waals surface area contributed by atoms with Gasteiger partial charge in [0.25, 0.3) is 0 Å². The topological polar surface area (TPSA) is 3.24 Å². The zero-order valence-electron chi connectivity index (χ0n) is 9.55. The van der Waals surface area contributed by atoms with Crippen molar-refractivity contribution in [3.05, 3.63) is 0 Å². The van der Waals surface area contributed by atoms with E-state index in [4.69, 9.17) is 0 Å². The predicted molar refractivity (Wildman–Crippen MR) is 59.0 cm³/mol. The molecule has 1 saturated carbocycles. The van der Waals surface area contributed by atoms with Gasteiger partial charge in [0.15, 0.2) is 0 Å². The molecular weight excluding hydrogens is 158 g/mol. The number of hydrogen-bond acceptors (Lipinski definition) is 1. The first-order valence-electron chi connectivity index (χ1n) is 5.92. The Balaban J connectivity index is 2.41. The fraction of sp³-hybridized carbons (Fsp3) is 1.00. The highest BCUT2D eigenvalue weighted by atomic mass is 15.1. The van der Waals surface area contributed by atoms with Gasteiger partial charge in [-0.2, -0.15) is 0 Å². The molecule has 1 fully saturated rings. The van der Waals surface area contributed by atoms with Gasteiger partial charge < -0.3 is 4.90 Å². The molecule has 0 aromatic heterocycles. The van der Waals surface area contributed by atoms with Gasteiger partial charge in [0.1, 0.15) is 0 Å². The van der Waals surface area contributed by atoms with E-state index in [1.807, 2.05) is 0 Å². The van der Waals surface area contributed by atoms with Crippen LogP contribution < -0.4 is 0 Å². The Bertz CT molecular complexity index is 125. The van der Waals surface area contributed by atoms with Crippen LogP contribution in [0.15, 0.2) is 0 Å². The first-order chi connectivity index (χ1) is 6.25. The molecule has 0 heterocycles. The minimum atomic E-state index is 0.852. The Hall–Kier alpha value is -0.0400. The summed E-state index contributed by atoms with van der Waals surface area (Å²) in [5, 5.41) is 0. The quantitative estimate of drug-likeness (QED) is 0.646. The fourth-order valence-corrected chi connectivity index (χ4v) is 2.73. The van der Waals surface area contributed by atoms with Crippen molar-refractivity contribution in [1.82, 2.24) is 4.90 Å². The van der Waals surface area contributed by atoms with E-state index < -0.39 is 0 Å². The Labute approximate surface area is 83.5 Å². The molecule has 0 amide bonds. The predicted octanol–water partition coefficient (Wildman–Crippen LogP) is 3.30. The van der Waals surface area contributed by atoms with Crippen LogP contribution in [0, 0.1) is 5.92 Å². The molecule has 1 nitrogen and oxygen atoms in total. The molecule has 0 aliphatic heterocycles. The lowest BCUT2D eigenvalue weighted by molar-refractivity contribution is 0.159. The van der Waals surface area contributed by atoms with E-state index in [1.54, 1.807) is 0 Å². The van der Waals surface area contributed by atoms with Crippen LogP contribution in [0.2, 0.25) is 0 Å². The summed E-state index contributed by atoms with van der Waals surface area (Å²) < 4.78 is 0. The van der Waals surface area contributed by atoms with Crippen LogP contribution in [0.4, 0.5) is 0 Å². The molecule has 1 rings (SSSR count). The maximum atomic E-state index is 2.44. The second-order valence-electron chi connectivity index (χ2n) is 4.72. The highest BCUT2D eigenvalue weighted by Gasteiger charge is 2.23. The van der Waals surface area contributed by atoms with E-state index in [9.17, 15) is 0 Å². The minimum Gasteiger partial charge on any atom is -0.306 e. The van der Waals surface area contributed by atoms with Gasteiger partial charge in [-0.25, -0.2) is 0 Å². The Kier molecular flexibility index (Phi) is 4.79. The molecule has 1 heteroatoms. The largest absolute Gasteiger partial charge is 0.306 e. The van der Waals surface area contributed by atoms with Crippen molar-refractivity contribution in [2.75, 3.05) is 14.1 Å². The monoisotopic (exact) mass is 183 g/mol. The second kappa shape index (κ2) is 5.64. The molecule has 1 unspecified atom stereocenters. The van der Waals surface area contributed by atoms with E-state index in [2.05, 4.69) is 25.9 Å². The third-order valence-electron chi connectivity index (χ3n) is 3.44. The van der Waals surface area contributed by atoms with Crippen molar-refractivity contribution in [2.24, 2.45) is 5.92 Å². The highest BCUT2D eigenvalue weighted by Crippen LogP contribution is 2.30. The van der Waals surface area contributed by atoms with E-state index in [1.165, 1.54) is 44.9 Å². The molecule has 78 valence electrons. The summed E-state index contributed by atoms with van der Waals surface area (Å²) in [6, 6.07) is 0.852. The molecule has 0 aromatic carbocycles. The molecule has 1 atom stereocenters. The van der Waals surface area contributed by atoms with Gasteiger partial charge in [-0.3, -0.25) is 0 Å². The van der Waals surface area contributed by atoms with Crippen LogP contribution in [-0.2, 0) is 0 Å². The van der Waals surface area contributed by atoms with Crippen LogP contribution in [0.1, 0.15) is 51.9 Å². The van der Waals surface area contributed by atoms with Gasteiger partial charge in [-0.1, -0.05) is 32.6 Å². The van der Waals surface area contributed by atoms with Gasteiger partial charge in [-0.15, -0.1) is 0 Å². The molecule has 0 N–H and O–H groups in total. The molecule has 0 spiro atoms. The van der Waals surface area contributed by atoms with Gasteiger partial charge in [0, 0.05) is 6.04 Å². The molecule has 1 aliphatic carbocycles. The normalized spacial score (nSPS) is 22.2. The number of rotatable bonds is 4. The van der Waals surface area contributed by atoms with Crippen molar-refractivity contribution in [2.45, 2.75) is 57.9 Å². The van der Waals surface area contributed by atoms with Crippen LogP contribution in [0.3, 0.4) is 0 Å². The first-order valence-corrected chi connectivity index (χ1v) is 5.92. The lowest BCUT2D eigenvalue weighted by Crippen LogP contribution is -2.36. The maximum absolute atomic E-state index is 2.44. The molecule has 0 aromatic rings. The second-order valence-corrected chi connectivity index (χ2v) is 4.72. The van der Waals surface area contributed by atoms with Crippen LogP contribution in [0.5, 0.6) is 0 Å². The maximum Gasteiger partial charge on any atom is 0.0117 e. The van der Waals surface area contributed by atoms with E-state index >= 15 is 0 Å². The average Bonchev–Trinajstić information content (AvgIpc) is 2.15. The van der Waals surface area contributed by atoms with E-state index in [0.717, 1.165) is 12.0 Å². The number of nitrogens with zero attached hydrogens (tertiary/aromatic N) is 1. The number of hydrogen-bond donors (Lipinski definition) is 0. The molecule has 0 bridgehead atoms. The summed E-state index contributed by atoms with van der Waals surface area (Å²) in [6.45, 7) is 2.30. The lowest BCUT2D eigenvalue weighted by atomic mass is 9.82. The standard InChI is InChI=1S/C12H25N/c1-4-8-12(13(2)3)11-9-6-5-7-10-11/h11-12H,4-10H2,1-3H3. The zero-order chi connectivity index (χ0) is 9.68. The van der Waals surface area contributed by atoms with Gasteiger partial charge >= 0.3 is 0 Å². The van der Waals surface area contributed by atoms with Crippen LogP contribution >= 0.6 is 0 Å². The first kappa shape index (κ1) is 11.0. The Morgan fingerprint density at radius 1 is 1.15 bits per heavy atom. The minimum absolute atomic E-state index is 0.852. The van der Waals surface area contributed by atoms with Crippen LogP contribution in [0.25, 0.3) is 0 Å². The van der Waals surface area contributed by atoms with Crippen LogP contribution in [-0.4, -0.2) is 25.0 Å². The van der Waals surface area contributed by atoms with Crippen molar-refractivity contribution in [1.29, 1.82) is 0 Å². The third-order valence-corrected chi connectivity index (χ3v) is 3.44. The van der Waals surface area contributed by atoms with Gasteiger partial charge in [0.2, 0.25) is 0 Å². The van der Waals surface area contributed by atoms with E-state index in [-0.39, 0.29) is 0 Å². The molecule has 13 heavy (non-hydrogen) atoms. The Morgan fingerprint density at radius 2 is 1.77 bits per heavy atom. The van der Waals surface area contributed by atoms with Crippen molar-refractivity contribution in [3.63, 3.8) is 0 Å². The fourth-order valence-electron chi connectivity index (χ4n) is 2.73. The molecule has 1 aliphatic rings. The van der Waals surface area contributed by atoms with Gasteiger partial charge in [0.05, 0.1) is 0 Å². The average molecular weight is 183 g/mol. The Morgan fingerprint density at radius 3 is 2.23 bits per heavy atom. The zero-order valence-corrected chi connectivity index (χ0v) is 9.55. The smallest absolute Gasteiger partial charge is 0.0117 e. The summed E-state index contributed by atoms with van der Waals surface area (Å²) >= 11 is 0. The summed E-state index contributed by atoms with van der Waals surface area (Å²) in [4.78, 5) is 2.44. The van der Waals surface area contributed by atoms with E-state index in [0.29, 0.717) is 0 Å². The van der Waals surface area contributed by atoms with Crippen molar-refractivity contribution in [3.8, 4) is 0 Å². The summed E-state index contributed by atoms with van der Waals surface area (Å²) in [7, 11) is 4.49. The third kappa shape index (κ3) is 3.30. The lowest BCUT2D eigenvalue weighted by Gasteiger charge is -2.34. The summed E-state index contributed by atoms with van der Waals surface area (Å²) in [5.41, 5.74) is 0. The summed E-state index contributed by atoms with van der Waals surface area (Å²) in [6.07, 6.45) is 10.1. The molecule has 0 saturated heterocycles. The molecular formula is C12H25N. The van der Waals surface area contributed by atoms with Gasteiger partial charge in [-0.05, 0) is 39.3 Å².